The fraction of sp³-hybridized carbons (Fsp3) is 0. The number of halogens is 1. The number of imidazole rings is 1. The number of fused-ring (bicyclic) bond motifs is 3. The molecular formula is C16H8ClN3O3S. The van der Waals surface area contributed by atoms with Gasteiger partial charge in [0.15, 0.2) is 4.96 Å². The zero-order valence-electron chi connectivity index (χ0n) is 12.0. The van der Waals surface area contributed by atoms with Crippen LogP contribution in [-0.4, -0.2) is 14.3 Å². The number of aromatic nitrogens is 2. The third kappa shape index (κ3) is 2.26. The van der Waals surface area contributed by atoms with Gasteiger partial charge in [0.05, 0.1) is 20.5 Å². The van der Waals surface area contributed by atoms with Crippen molar-refractivity contribution < 1.29 is 4.92 Å². The Hall–Kier alpha value is -2.77. The summed E-state index contributed by atoms with van der Waals surface area (Å²) in [5.74, 6) is 0. The molecule has 6 nitrogen and oxygen atoms in total. The van der Waals surface area contributed by atoms with Gasteiger partial charge in [0, 0.05) is 6.07 Å². The van der Waals surface area contributed by atoms with E-state index in [2.05, 4.69) is 4.98 Å². The first-order valence-corrected chi connectivity index (χ1v) is 8.10. The SMILES string of the molecule is O=c1/c(=C/c2ccc(Cl)c([N+](=O)[O-])c2)sc2nc3ccccc3n12. The molecule has 0 fully saturated rings. The lowest BCUT2D eigenvalue weighted by molar-refractivity contribution is -0.384. The Balaban J connectivity index is 1.95. The van der Waals surface area contributed by atoms with Crippen LogP contribution in [0.5, 0.6) is 0 Å². The van der Waals surface area contributed by atoms with E-state index in [1.54, 1.807) is 16.5 Å². The van der Waals surface area contributed by atoms with Crippen molar-refractivity contribution in [2.24, 2.45) is 0 Å². The van der Waals surface area contributed by atoms with Gasteiger partial charge in [0.2, 0.25) is 0 Å². The number of benzene rings is 2. The molecule has 2 heterocycles. The second kappa shape index (κ2) is 5.40. The van der Waals surface area contributed by atoms with Gasteiger partial charge in [-0.15, -0.1) is 0 Å². The minimum atomic E-state index is -0.549. The molecule has 0 spiro atoms. The first kappa shape index (κ1) is 14.8. The summed E-state index contributed by atoms with van der Waals surface area (Å²) in [4.78, 5) is 28.1. The van der Waals surface area contributed by atoms with E-state index < -0.39 is 4.92 Å². The number of para-hydroxylation sites is 2. The molecule has 0 aliphatic heterocycles. The lowest BCUT2D eigenvalue weighted by atomic mass is 10.2. The molecule has 4 aromatic rings. The normalized spacial score (nSPS) is 12.3. The number of nitro benzene ring substituents is 1. The largest absolute Gasteiger partial charge is 0.288 e. The number of hydrogen-bond donors (Lipinski definition) is 0. The van der Waals surface area contributed by atoms with Crippen molar-refractivity contribution in [3.05, 3.63) is 78.1 Å². The van der Waals surface area contributed by atoms with Crippen LogP contribution in [0.1, 0.15) is 5.56 Å². The average Bonchev–Trinajstić information content (AvgIpc) is 3.06. The van der Waals surface area contributed by atoms with Crippen LogP contribution in [0.2, 0.25) is 5.02 Å². The molecule has 0 amide bonds. The molecule has 0 aliphatic carbocycles. The first-order chi connectivity index (χ1) is 11.5. The molecule has 0 aliphatic rings. The molecule has 0 radical (unpaired) electrons. The summed E-state index contributed by atoms with van der Waals surface area (Å²) in [5.41, 5.74) is 1.66. The number of rotatable bonds is 2. The van der Waals surface area contributed by atoms with E-state index in [1.165, 1.54) is 23.5 Å². The van der Waals surface area contributed by atoms with E-state index in [-0.39, 0.29) is 16.3 Å². The molecule has 8 heteroatoms. The number of hydrogen-bond acceptors (Lipinski definition) is 5. The fourth-order valence-electron chi connectivity index (χ4n) is 2.52. The van der Waals surface area contributed by atoms with Gasteiger partial charge in [0.1, 0.15) is 5.02 Å². The van der Waals surface area contributed by atoms with Crippen molar-refractivity contribution in [2.45, 2.75) is 0 Å². The van der Waals surface area contributed by atoms with Crippen molar-refractivity contribution in [1.29, 1.82) is 0 Å². The van der Waals surface area contributed by atoms with Crippen molar-refractivity contribution in [3.63, 3.8) is 0 Å². The maximum Gasteiger partial charge on any atom is 0.288 e. The maximum atomic E-state index is 12.6. The molecule has 24 heavy (non-hydrogen) atoms. The molecule has 0 bridgehead atoms. The molecule has 4 rings (SSSR count). The van der Waals surface area contributed by atoms with Gasteiger partial charge >= 0.3 is 0 Å². The number of nitro groups is 1. The van der Waals surface area contributed by atoms with Gasteiger partial charge in [-0.2, -0.15) is 0 Å². The van der Waals surface area contributed by atoms with E-state index in [0.29, 0.717) is 15.1 Å². The Kier molecular flexibility index (Phi) is 3.33. The highest BCUT2D eigenvalue weighted by Gasteiger charge is 2.13. The van der Waals surface area contributed by atoms with E-state index >= 15 is 0 Å². The molecule has 0 atom stereocenters. The Labute approximate surface area is 143 Å². The summed E-state index contributed by atoms with van der Waals surface area (Å²) < 4.78 is 2.01. The van der Waals surface area contributed by atoms with E-state index in [9.17, 15) is 14.9 Å². The third-order valence-electron chi connectivity index (χ3n) is 3.61. The predicted molar refractivity (Wildman–Crippen MR) is 93.7 cm³/mol. The topological polar surface area (TPSA) is 77.5 Å². The maximum absolute atomic E-state index is 12.6. The minimum Gasteiger partial charge on any atom is -0.267 e. The number of thiazole rings is 1. The molecule has 118 valence electrons. The summed E-state index contributed by atoms with van der Waals surface area (Å²) in [5, 5.41) is 11.0. The standard InChI is InChI=1S/C16H8ClN3O3S/c17-10-6-5-9(7-13(10)20(22)23)8-14-15(21)19-12-4-2-1-3-11(12)18-16(19)24-14/h1-8H/b14-8-. The summed E-state index contributed by atoms with van der Waals surface area (Å²) in [6, 6.07) is 11.8. The van der Waals surface area contributed by atoms with Crippen LogP contribution in [0, 0.1) is 10.1 Å². The average molecular weight is 358 g/mol. The van der Waals surface area contributed by atoms with Crippen molar-refractivity contribution in [1.82, 2.24) is 9.38 Å². The fourth-order valence-corrected chi connectivity index (χ4v) is 3.70. The lowest BCUT2D eigenvalue weighted by Crippen LogP contribution is -2.22. The summed E-state index contributed by atoms with van der Waals surface area (Å²) in [6.07, 6.45) is 1.61. The van der Waals surface area contributed by atoms with Gasteiger partial charge in [0.25, 0.3) is 11.2 Å². The van der Waals surface area contributed by atoms with Crippen molar-refractivity contribution in [3.8, 4) is 0 Å². The van der Waals surface area contributed by atoms with Crippen LogP contribution < -0.4 is 10.1 Å². The minimum absolute atomic E-state index is 0.0615. The van der Waals surface area contributed by atoms with Crippen LogP contribution in [0.4, 0.5) is 5.69 Å². The second-order valence-electron chi connectivity index (χ2n) is 5.10. The zero-order chi connectivity index (χ0) is 16.8. The Morgan fingerprint density at radius 3 is 2.83 bits per heavy atom. The van der Waals surface area contributed by atoms with Crippen molar-refractivity contribution in [2.75, 3.05) is 0 Å². The molecule has 0 saturated carbocycles. The third-order valence-corrected chi connectivity index (χ3v) is 4.90. The van der Waals surface area contributed by atoms with Crippen LogP contribution in [0.25, 0.3) is 22.1 Å². The summed E-state index contributed by atoms with van der Waals surface area (Å²) in [6.45, 7) is 0. The second-order valence-corrected chi connectivity index (χ2v) is 6.52. The summed E-state index contributed by atoms with van der Waals surface area (Å²) >= 11 is 7.05. The monoisotopic (exact) mass is 357 g/mol. The van der Waals surface area contributed by atoms with E-state index in [1.807, 2.05) is 24.3 Å². The highest BCUT2D eigenvalue weighted by molar-refractivity contribution is 7.15. The van der Waals surface area contributed by atoms with Gasteiger partial charge < -0.3 is 0 Å². The van der Waals surface area contributed by atoms with Crippen LogP contribution >= 0.6 is 22.9 Å². The Morgan fingerprint density at radius 2 is 2.04 bits per heavy atom. The van der Waals surface area contributed by atoms with Crippen LogP contribution in [-0.2, 0) is 0 Å². The smallest absolute Gasteiger partial charge is 0.267 e. The first-order valence-electron chi connectivity index (χ1n) is 6.90. The predicted octanol–water partition coefficient (Wildman–Crippen LogP) is 3.02. The van der Waals surface area contributed by atoms with E-state index in [0.717, 1.165) is 11.0 Å². The van der Waals surface area contributed by atoms with Gasteiger partial charge in [-0.05, 0) is 29.8 Å². The summed E-state index contributed by atoms with van der Waals surface area (Å²) in [7, 11) is 0. The van der Waals surface area contributed by atoms with Crippen molar-refractivity contribution >= 4 is 50.7 Å². The lowest BCUT2D eigenvalue weighted by Gasteiger charge is -1.96. The molecule has 2 aromatic carbocycles. The number of nitrogens with zero attached hydrogens (tertiary/aromatic N) is 3. The quantitative estimate of drug-likeness (QED) is 0.408. The Morgan fingerprint density at radius 1 is 1.25 bits per heavy atom. The molecule has 0 N–H and O–H groups in total. The van der Waals surface area contributed by atoms with Gasteiger partial charge in [-0.25, -0.2) is 9.38 Å². The van der Waals surface area contributed by atoms with Gasteiger partial charge in [-0.1, -0.05) is 41.1 Å². The highest BCUT2D eigenvalue weighted by Crippen LogP contribution is 2.25. The van der Waals surface area contributed by atoms with E-state index in [4.69, 9.17) is 11.6 Å². The highest BCUT2D eigenvalue weighted by atomic mass is 35.5. The Bertz CT molecular complexity index is 1230. The molecule has 0 unspecified atom stereocenters. The molecule has 2 aromatic heterocycles. The molecular weight excluding hydrogens is 350 g/mol. The van der Waals surface area contributed by atoms with Crippen LogP contribution in [0.15, 0.2) is 47.3 Å². The molecule has 0 saturated heterocycles. The van der Waals surface area contributed by atoms with Gasteiger partial charge in [-0.3, -0.25) is 14.9 Å². The zero-order valence-corrected chi connectivity index (χ0v) is 13.5. The van der Waals surface area contributed by atoms with Crippen LogP contribution in [0.3, 0.4) is 0 Å².